The third kappa shape index (κ3) is 2.25. The van der Waals surface area contributed by atoms with Crippen molar-refractivity contribution < 1.29 is 22.9 Å². The van der Waals surface area contributed by atoms with Crippen molar-refractivity contribution in [3.63, 3.8) is 0 Å². The van der Waals surface area contributed by atoms with Crippen LogP contribution in [0, 0.1) is 0 Å². The van der Waals surface area contributed by atoms with Crippen molar-refractivity contribution >= 4 is 7.82 Å². The molecule has 66 valence electrons. The minimum atomic E-state index is -3.22. The Labute approximate surface area is 65.2 Å². The summed E-state index contributed by atoms with van der Waals surface area (Å²) in [5, 5.41) is 0. The fourth-order valence-corrected chi connectivity index (χ4v) is 1.87. The molecule has 0 aliphatic carbocycles. The van der Waals surface area contributed by atoms with Crippen LogP contribution >= 0.6 is 7.82 Å². The van der Waals surface area contributed by atoms with Gasteiger partial charge in [-0.3, -0.25) is 13.6 Å². The molecule has 0 radical (unpaired) electrons. The van der Waals surface area contributed by atoms with Gasteiger partial charge in [-0.1, -0.05) is 0 Å². The maximum Gasteiger partial charge on any atom is 0.475 e. The van der Waals surface area contributed by atoms with Crippen LogP contribution in [-0.4, -0.2) is 33.5 Å². The van der Waals surface area contributed by atoms with E-state index in [1.165, 1.54) is 7.11 Å². The monoisotopic (exact) mass is 182 g/mol. The van der Waals surface area contributed by atoms with E-state index in [9.17, 15) is 4.57 Å². The molecule has 1 rings (SSSR count). The average molecular weight is 182 g/mol. The molecular weight excluding hydrogens is 171 g/mol. The van der Waals surface area contributed by atoms with Crippen LogP contribution in [0.15, 0.2) is 0 Å². The van der Waals surface area contributed by atoms with Crippen molar-refractivity contribution in [3.8, 4) is 0 Å². The highest BCUT2D eigenvalue weighted by atomic mass is 31.2. The summed E-state index contributed by atoms with van der Waals surface area (Å²) in [5.41, 5.74) is 0. The topological polar surface area (TPSA) is 54.0 Å². The molecule has 0 spiro atoms. The minimum absolute atomic E-state index is 0.263. The molecule has 1 aliphatic heterocycles. The van der Waals surface area contributed by atoms with Crippen LogP contribution in [-0.2, 0) is 22.9 Å². The normalized spacial score (nSPS) is 37.8. The Hall–Kier alpha value is 0.0700. The van der Waals surface area contributed by atoms with Crippen LogP contribution < -0.4 is 0 Å². The van der Waals surface area contributed by atoms with E-state index in [-0.39, 0.29) is 12.7 Å². The van der Waals surface area contributed by atoms with Gasteiger partial charge < -0.3 is 4.74 Å². The van der Waals surface area contributed by atoms with Gasteiger partial charge in [-0.2, -0.15) is 0 Å². The first-order valence-electron chi connectivity index (χ1n) is 3.18. The molecule has 1 fully saturated rings. The molecule has 1 aliphatic rings. The largest absolute Gasteiger partial charge is 0.475 e. The number of rotatable bonds is 3. The summed E-state index contributed by atoms with van der Waals surface area (Å²) < 4.78 is 30.2. The number of hydrogen-bond acceptors (Lipinski definition) is 5. The lowest BCUT2D eigenvalue weighted by molar-refractivity contribution is 0.0891. The van der Waals surface area contributed by atoms with E-state index in [4.69, 9.17) is 13.8 Å². The molecule has 0 N–H and O–H groups in total. The predicted molar refractivity (Wildman–Crippen MR) is 37.3 cm³/mol. The van der Waals surface area contributed by atoms with E-state index in [2.05, 4.69) is 4.52 Å². The quantitative estimate of drug-likeness (QED) is 0.604. The Kier molecular flexibility index (Phi) is 3.04. The van der Waals surface area contributed by atoms with Gasteiger partial charge in [-0.05, 0) is 0 Å². The zero-order valence-corrected chi connectivity index (χ0v) is 7.37. The smallest absolute Gasteiger partial charge is 0.382 e. The lowest BCUT2D eigenvalue weighted by atomic mass is 10.4. The Bertz CT molecular complexity index is 170. The first-order chi connectivity index (χ1) is 5.20. The lowest BCUT2D eigenvalue weighted by Gasteiger charge is -2.06. The van der Waals surface area contributed by atoms with E-state index < -0.39 is 7.82 Å². The first-order valence-corrected chi connectivity index (χ1v) is 4.64. The van der Waals surface area contributed by atoms with Crippen molar-refractivity contribution in [2.75, 3.05) is 27.4 Å². The van der Waals surface area contributed by atoms with Crippen LogP contribution in [0.25, 0.3) is 0 Å². The number of phosphoric acid groups is 1. The zero-order valence-electron chi connectivity index (χ0n) is 6.48. The summed E-state index contributed by atoms with van der Waals surface area (Å²) in [6, 6.07) is 0. The predicted octanol–water partition coefficient (Wildman–Crippen LogP) is 0.803. The van der Waals surface area contributed by atoms with Crippen molar-refractivity contribution in [1.29, 1.82) is 0 Å². The summed E-state index contributed by atoms with van der Waals surface area (Å²) >= 11 is 0. The molecule has 1 saturated heterocycles. The summed E-state index contributed by atoms with van der Waals surface area (Å²) in [6.07, 6.45) is -0.272. The second-order valence-corrected chi connectivity index (χ2v) is 3.84. The van der Waals surface area contributed by atoms with Crippen LogP contribution in [0.5, 0.6) is 0 Å². The summed E-state index contributed by atoms with van der Waals surface area (Å²) in [6.45, 7) is 0.631. The molecule has 1 heterocycles. The van der Waals surface area contributed by atoms with Gasteiger partial charge in [0.2, 0.25) is 0 Å². The second kappa shape index (κ2) is 3.65. The maximum absolute atomic E-state index is 11.1. The van der Waals surface area contributed by atoms with Gasteiger partial charge in [0.15, 0.2) is 0 Å². The highest BCUT2D eigenvalue weighted by molar-refractivity contribution is 7.48. The first kappa shape index (κ1) is 9.16. The maximum atomic E-state index is 11.1. The van der Waals surface area contributed by atoms with Gasteiger partial charge in [-0.25, -0.2) is 4.57 Å². The molecule has 0 amide bonds. The number of hydrogen-bond donors (Lipinski definition) is 0. The minimum Gasteiger partial charge on any atom is -0.382 e. The Morgan fingerprint density at radius 3 is 2.82 bits per heavy atom. The van der Waals surface area contributed by atoms with Crippen molar-refractivity contribution in [2.24, 2.45) is 0 Å². The molecule has 0 aromatic rings. The van der Waals surface area contributed by atoms with Gasteiger partial charge in [0.25, 0.3) is 0 Å². The zero-order chi connectivity index (χ0) is 8.32. The van der Waals surface area contributed by atoms with E-state index >= 15 is 0 Å². The van der Waals surface area contributed by atoms with Gasteiger partial charge in [0.1, 0.15) is 6.10 Å². The highest BCUT2D eigenvalue weighted by Crippen LogP contribution is 2.54. The molecule has 11 heavy (non-hydrogen) atoms. The molecule has 0 saturated carbocycles. The molecule has 2 atom stereocenters. The summed E-state index contributed by atoms with van der Waals surface area (Å²) in [4.78, 5) is 0. The number of ether oxygens (including phenoxy) is 1. The lowest BCUT2D eigenvalue weighted by Crippen LogP contribution is -2.15. The Morgan fingerprint density at radius 1 is 1.64 bits per heavy atom. The Balaban J connectivity index is 2.40. The van der Waals surface area contributed by atoms with E-state index in [1.807, 2.05) is 0 Å². The van der Waals surface area contributed by atoms with Crippen LogP contribution in [0.2, 0.25) is 0 Å². The van der Waals surface area contributed by atoms with E-state index in [1.54, 1.807) is 7.11 Å². The van der Waals surface area contributed by atoms with Crippen molar-refractivity contribution in [2.45, 2.75) is 6.10 Å². The molecule has 2 unspecified atom stereocenters. The molecule has 5 nitrogen and oxygen atoms in total. The second-order valence-electron chi connectivity index (χ2n) is 2.11. The fourth-order valence-electron chi connectivity index (χ4n) is 0.778. The third-order valence-electron chi connectivity index (χ3n) is 1.27. The van der Waals surface area contributed by atoms with Gasteiger partial charge in [0, 0.05) is 14.2 Å². The molecule has 0 aromatic heterocycles. The number of phosphoric ester groups is 1. The van der Waals surface area contributed by atoms with Gasteiger partial charge >= 0.3 is 7.82 Å². The summed E-state index contributed by atoms with van der Waals surface area (Å²) in [7, 11) is -0.388. The van der Waals surface area contributed by atoms with Crippen molar-refractivity contribution in [3.05, 3.63) is 0 Å². The Morgan fingerprint density at radius 2 is 2.36 bits per heavy atom. The van der Waals surface area contributed by atoms with Crippen LogP contribution in [0.1, 0.15) is 0 Å². The van der Waals surface area contributed by atoms with Crippen LogP contribution in [0.4, 0.5) is 0 Å². The highest BCUT2D eigenvalue weighted by Gasteiger charge is 2.37. The van der Waals surface area contributed by atoms with Crippen molar-refractivity contribution in [1.82, 2.24) is 0 Å². The molecular formula is C5H11O5P. The van der Waals surface area contributed by atoms with Gasteiger partial charge in [0.05, 0.1) is 13.2 Å². The third-order valence-corrected chi connectivity index (χ3v) is 2.74. The fraction of sp³-hybridized carbons (Fsp3) is 1.00. The van der Waals surface area contributed by atoms with Gasteiger partial charge in [-0.15, -0.1) is 0 Å². The number of methoxy groups -OCH3 is 1. The molecule has 0 aromatic carbocycles. The SMILES string of the molecule is COCC1COP(=O)(OC)O1. The molecule has 0 bridgehead atoms. The van der Waals surface area contributed by atoms with E-state index in [0.29, 0.717) is 6.61 Å². The molecule has 6 heteroatoms. The standard InChI is InChI=1S/C5H11O5P/c1-7-3-5-4-9-11(6,8-2)10-5/h5H,3-4H2,1-2H3. The summed E-state index contributed by atoms with van der Waals surface area (Å²) in [5.74, 6) is 0. The average Bonchev–Trinajstić information content (AvgIpc) is 2.35. The van der Waals surface area contributed by atoms with Crippen LogP contribution in [0.3, 0.4) is 0 Å². The van der Waals surface area contributed by atoms with E-state index in [0.717, 1.165) is 0 Å².